The summed E-state index contributed by atoms with van der Waals surface area (Å²) in [6, 6.07) is 2.49. The second-order valence-corrected chi connectivity index (χ2v) is 6.43. The topological polar surface area (TPSA) is 71.8 Å². The Labute approximate surface area is 165 Å². The third kappa shape index (κ3) is 4.79. The van der Waals surface area contributed by atoms with Crippen LogP contribution in [0.25, 0.3) is 0 Å². The molecule has 1 aliphatic rings. The molecule has 1 aliphatic heterocycles. The van der Waals surface area contributed by atoms with E-state index in [1.165, 1.54) is 0 Å². The SMILES string of the molecule is Cc1c(C(=O)NCc2ccc(F)cc2C(F)(F)F)nnn1C1CCNCC1.Cl. The van der Waals surface area contributed by atoms with E-state index in [9.17, 15) is 22.4 Å². The summed E-state index contributed by atoms with van der Waals surface area (Å²) in [4.78, 5) is 12.4. The standard InChI is InChI=1S/C17H19F4N5O.ClH/c1-10-15(24-25-26(10)13-4-6-22-7-5-13)16(27)23-9-11-2-3-12(18)8-14(11)17(19,20)21;/h2-3,8,13,22H,4-7,9H2,1H3,(H,23,27);1H. The van der Waals surface area contributed by atoms with Crippen LogP contribution in [0.4, 0.5) is 17.6 Å². The number of alkyl halides is 3. The minimum atomic E-state index is -4.71. The molecule has 0 saturated carbocycles. The summed E-state index contributed by atoms with van der Waals surface area (Å²) >= 11 is 0. The Kier molecular flexibility index (Phi) is 7.00. The van der Waals surface area contributed by atoms with Crippen LogP contribution in [0.2, 0.25) is 0 Å². The molecule has 0 bridgehead atoms. The van der Waals surface area contributed by atoms with Crippen LogP contribution in [0.15, 0.2) is 18.2 Å². The zero-order valence-electron chi connectivity index (χ0n) is 15.0. The van der Waals surface area contributed by atoms with E-state index < -0.39 is 30.0 Å². The smallest absolute Gasteiger partial charge is 0.346 e. The van der Waals surface area contributed by atoms with E-state index in [1.54, 1.807) is 11.6 Å². The van der Waals surface area contributed by atoms with Crippen LogP contribution < -0.4 is 10.6 Å². The fourth-order valence-corrected chi connectivity index (χ4v) is 3.17. The lowest BCUT2D eigenvalue weighted by molar-refractivity contribution is -0.138. The Hall–Kier alpha value is -2.20. The maximum atomic E-state index is 13.2. The van der Waals surface area contributed by atoms with Crippen LogP contribution in [0, 0.1) is 12.7 Å². The van der Waals surface area contributed by atoms with Crippen molar-refractivity contribution in [2.24, 2.45) is 0 Å². The van der Waals surface area contributed by atoms with E-state index in [0.29, 0.717) is 11.8 Å². The van der Waals surface area contributed by atoms with Crippen LogP contribution in [-0.2, 0) is 12.7 Å². The number of aromatic nitrogens is 3. The molecule has 1 amide bonds. The first-order chi connectivity index (χ1) is 12.8. The molecule has 1 aromatic carbocycles. The van der Waals surface area contributed by atoms with Crippen molar-refractivity contribution in [1.82, 2.24) is 25.6 Å². The lowest BCUT2D eigenvalue weighted by Gasteiger charge is -2.23. The van der Waals surface area contributed by atoms with Gasteiger partial charge < -0.3 is 10.6 Å². The highest BCUT2D eigenvalue weighted by Crippen LogP contribution is 2.32. The van der Waals surface area contributed by atoms with Gasteiger partial charge in [0.25, 0.3) is 5.91 Å². The highest BCUT2D eigenvalue weighted by Gasteiger charge is 2.34. The maximum absolute atomic E-state index is 13.2. The molecular weight excluding hydrogens is 402 g/mol. The molecule has 0 radical (unpaired) electrons. The number of nitrogens with zero attached hydrogens (tertiary/aromatic N) is 3. The highest BCUT2D eigenvalue weighted by molar-refractivity contribution is 5.93. The zero-order chi connectivity index (χ0) is 19.6. The van der Waals surface area contributed by atoms with E-state index in [2.05, 4.69) is 20.9 Å². The molecule has 28 heavy (non-hydrogen) atoms. The van der Waals surface area contributed by atoms with Crippen LogP contribution in [0.5, 0.6) is 0 Å². The summed E-state index contributed by atoms with van der Waals surface area (Å²) in [5.41, 5.74) is -0.697. The predicted molar refractivity (Wildman–Crippen MR) is 95.7 cm³/mol. The Bertz CT molecular complexity index is 833. The number of nitrogens with one attached hydrogen (secondary N) is 2. The fourth-order valence-electron chi connectivity index (χ4n) is 3.17. The van der Waals surface area contributed by atoms with Crippen molar-refractivity contribution in [3.8, 4) is 0 Å². The molecule has 0 spiro atoms. The zero-order valence-corrected chi connectivity index (χ0v) is 15.8. The molecule has 1 fully saturated rings. The van der Waals surface area contributed by atoms with Gasteiger partial charge in [0.1, 0.15) is 5.82 Å². The van der Waals surface area contributed by atoms with Crippen molar-refractivity contribution < 1.29 is 22.4 Å². The highest BCUT2D eigenvalue weighted by atomic mass is 35.5. The predicted octanol–water partition coefficient (Wildman–Crippen LogP) is 3.02. The third-order valence-corrected chi connectivity index (χ3v) is 4.61. The number of rotatable bonds is 4. The quantitative estimate of drug-likeness (QED) is 0.744. The summed E-state index contributed by atoms with van der Waals surface area (Å²) in [6.07, 6.45) is -3.00. The van der Waals surface area contributed by atoms with E-state index in [1.807, 2.05) is 0 Å². The summed E-state index contributed by atoms with van der Waals surface area (Å²) in [6.45, 7) is 3.00. The fraction of sp³-hybridized carbons (Fsp3) is 0.471. The van der Waals surface area contributed by atoms with Gasteiger partial charge in [0.05, 0.1) is 17.3 Å². The van der Waals surface area contributed by atoms with Gasteiger partial charge in [0, 0.05) is 6.54 Å². The Morgan fingerprint density at radius 3 is 2.64 bits per heavy atom. The van der Waals surface area contributed by atoms with Crippen molar-refractivity contribution in [2.75, 3.05) is 13.1 Å². The lowest BCUT2D eigenvalue weighted by Crippen LogP contribution is -2.30. The number of piperidine rings is 1. The molecule has 2 aromatic rings. The van der Waals surface area contributed by atoms with Gasteiger partial charge in [-0.3, -0.25) is 4.79 Å². The Morgan fingerprint density at radius 2 is 2.00 bits per heavy atom. The first-order valence-electron chi connectivity index (χ1n) is 8.53. The summed E-state index contributed by atoms with van der Waals surface area (Å²) in [5.74, 6) is -1.61. The van der Waals surface area contributed by atoms with Crippen LogP contribution >= 0.6 is 12.4 Å². The van der Waals surface area contributed by atoms with E-state index >= 15 is 0 Å². The van der Waals surface area contributed by atoms with Crippen LogP contribution in [-0.4, -0.2) is 34.0 Å². The van der Waals surface area contributed by atoms with E-state index in [0.717, 1.165) is 38.1 Å². The Balaban J connectivity index is 0.00000280. The number of amides is 1. The molecule has 2 N–H and O–H groups in total. The number of carbonyl (C=O) groups is 1. The van der Waals surface area contributed by atoms with Gasteiger partial charge >= 0.3 is 6.18 Å². The van der Waals surface area contributed by atoms with Gasteiger partial charge in [-0.2, -0.15) is 13.2 Å². The minimum absolute atomic E-state index is 0. The number of hydrogen-bond acceptors (Lipinski definition) is 4. The molecule has 0 aliphatic carbocycles. The van der Waals surface area contributed by atoms with Crippen molar-refractivity contribution in [3.63, 3.8) is 0 Å². The number of hydrogen-bond donors (Lipinski definition) is 2. The first kappa shape index (κ1) is 22.1. The van der Waals surface area contributed by atoms with Crippen molar-refractivity contribution in [1.29, 1.82) is 0 Å². The Morgan fingerprint density at radius 1 is 1.32 bits per heavy atom. The number of halogens is 5. The van der Waals surface area contributed by atoms with Gasteiger partial charge in [-0.05, 0) is 50.6 Å². The average molecular weight is 422 g/mol. The average Bonchev–Trinajstić information content (AvgIpc) is 3.02. The van der Waals surface area contributed by atoms with Gasteiger partial charge in [-0.1, -0.05) is 11.3 Å². The second-order valence-electron chi connectivity index (χ2n) is 6.43. The van der Waals surface area contributed by atoms with Gasteiger partial charge in [-0.15, -0.1) is 17.5 Å². The van der Waals surface area contributed by atoms with E-state index in [-0.39, 0.29) is 29.7 Å². The van der Waals surface area contributed by atoms with Gasteiger partial charge in [-0.25, -0.2) is 9.07 Å². The number of carbonyl (C=O) groups excluding carboxylic acids is 1. The van der Waals surface area contributed by atoms with Crippen LogP contribution in [0.3, 0.4) is 0 Å². The minimum Gasteiger partial charge on any atom is -0.346 e. The molecule has 3 rings (SSSR count). The normalized spacial score (nSPS) is 15.2. The summed E-state index contributed by atoms with van der Waals surface area (Å²) in [5, 5.41) is 13.6. The monoisotopic (exact) mass is 421 g/mol. The van der Waals surface area contributed by atoms with Crippen molar-refractivity contribution in [3.05, 3.63) is 46.5 Å². The van der Waals surface area contributed by atoms with Gasteiger partial charge in [0.2, 0.25) is 0 Å². The molecule has 0 unspecified atom stereocenters. The van der Waals surface area contributed by atoms with Crippen LogP contribution in [0.1, 0.15) is 46.2 Å². The third-order valence-electron chi connectivity index (χ3n) is 4.61. The maximum Gasteiger partial charge on any atom is 0.416 e. The van der Waals surface area contributed by atoms with Crippen molar-refractivity contribution >= 4 is 18.3 Å². The molecule has 0 atom stereocenters. The summed E-state index contributed by atoms with van der Waals surface area (Å²) in [7, 11) is 0. The molecule has 11 heteroatoms. The largest absolute Gasteiger partial charge is 0.416 e. The molecule has 2 heterocycles. The van der Waals surface area contributed by atoms with Gasteiger partial charge in [0.15, 0.2) is 5.69 Å². The summed E-state index contributed by atoms with van der Waals surface area (Å²) < 4.78 is 54.0. The molecule has 1 aromatic heterocycles. The molecule has 1 saturated heterocycles. The molecule has 6 nitrogen and oxygen atoms in total. The first-order valence-corrected chi connectivity index (χ1v) is 8.53. The molecular formula is C17H20ClF4N5O. The van der Waals surface area contributed by atoms with Crippen molar-refractivity contribution in [2.45, 2.75) is 38.5 Å². The lowest BCUT2D eigenvalue weighted by atomic mass is 10.1. The second kappa shape index (κ2) is 8.87. The number of benzene rings is 1. The molecule has 154 valence electrons. The van der Waals surface area contributed by atoms with E-state index in [4.69, 9.17) is 0 Å².